The molecule has 2 saturated heterocycles. The highest BCUT2D eigenvalue weighted by molar-refractivity contribution is 7.89. The van der Waals surface area contributed by atoms with Crippen molar-refractivity contribution in [3.8, 4) is 0 Å². The van der Waals surface area contributed by atoms with Crippen molar-refractivity contribution in [2.75, 3.05) is 26.2 Å². The number of nitrogens with zero attached hydrogens (tertiary/aromatic N) is 2. The molecular formula is C29H48F4N2O3S. The summed E-state index contributed by atoms with van der Waals surface area (Å²) < 4.78 is 85.2. The zero-order valence-electron chi connectivity index (χ0n) is 23.4. The van der Waals surface area contributed by atoms with Crippen LogP contribution in [0.15, 0.2) is 0 Å². The molecular weight excluding hydrogens is 532 g/mol. The van der Waals surface area contributed by atoms with Crippen LogP contribution in [0, 0.1) is 35.5 Å². The fraction of sp³-hybridized carbons (Fsp3) is 1.00. The molecule has 2 heterocycles. The molecule has 5 nitrogen and oxygen atoms in total. The lowest BCUT2D eigenvalue weighted by molar-refractivity contribution is -0.221. The number of fused-ring (bicyclic) bond motifs is 1. The van der Waals surface area contributed by atoms with Gasteiger partial charge < -0.3 is 5.11 Å². The first-order valence-electron chi connectivity index (χ1n) is 15.6. The minimum atomic E-state index is -4.50. The van der Waals surface area contributed by atoms with Crippen LogP contribution >= 0.6 is 0 Å². The Morgan fingerprint density at radius 1 is 0.846 bits per heavy atom. The smallest absolute Gasteiger partial charge is 0.394 e. The second-order valence-electron chi connectivity index (χ2n) is 13.4. The highest BCUT2D eigenvalue weighted by Gasteiger charge is 2.56. The highest BCUT2D eigenvalue weighted by Crippen LogP contribution is 2.52. The lowest BCUT2D eigenvalue weighted by atomic mass is 9.61. The van der Waals surface area contributed by atoms with Gasteiger partial charge in [-0.15, -0.1) is 0 Å². The van der Waals surface area contributed by atoms with E-state index in [0.29, 0.717) is 38.8 Å². The summed E-state index contributed by atoms with van der Waals surface area (Å²) in [6, 6.07) is 0.0335. The van der Waals surface area contributed by atoms with Crippen molar-refractivity contribution in [2.24, 2.45) is 35.5 Å². The summed E-state index contributed by atoms with van der Waals surface area (Å²) in [7, 11) is -3.42. The van der Waals surface area contributed by atoms with E-state index in [4.69, 9.17) is 0 Å². The van der Waals surface area contributed by atoms with Gasteiger partial charge >= 0.3 is 6.18 Å². The average molecular weight is 581 g/mol. The number of sulfonamides is 1. The monoisotopic (exact) mass is 580 g/mol. The van der Waals surface area contributed by atoms with Crippen molar-refractivity contribution in [2.45, 2.75) is 120 Å². The van der Waals surface area contributed by atoms with Crippen LogP contribution in [0.4, 0.5) is 17.6 Å². The van der Waals surface area contributed by atoms with Gasteiger partial charge in [0, 0.05) is 25.2 Å². The van der Waals surface area contributed by atoms with E-state index in [2.05, 4.69) is 11.8 Å². The van der Waals surface area contributed by atoms with Crippen LogP contribution in [0.1, 0.15) is 90.4 Å². The number of aliphatic hydroxyl groups is 1. The standard InChI is InChI=1S/C29H48F4N2O3S/c1-19-7-2-3-10-26(19)39(37,38)34-15-4-5-16-35-24(17-34)27(25(35)18-36)21-13-11-20(12-14-21)22-8-6-9-23(30)28(22)29(31,32)33/h19-28,36H,2-18H2,1H3/t19?,20?,21?,22?,23?,24?,25-,26?,27+,28?/m1/s1. The quantitative estimate of drug-likeness (QED) is 0.419. The zero-order valence-corrected chi connectivity index (χ0v) is 24.2. The van der Waals surface area contributed by atoms with Crippen LogP contribution in [-0.2, 0) is 10.0 Å². The third kappa shape index (κ3) is 5.92. The summed E-state index contributed by atoms with van der Waals surface area (Å²) in [6.07, 6.45) is 2.99. The van der Waals surface area contributed by atoms with E-state index in [1.54, 1.807) is 4.31 Å². The molecule has 2 aliphatic heterocycles. The average Bonchev–Trinajstić information content (AvgIpc) is 2.87. The van der Waals surface area contributed by atoms with Crippen molar-refractivity contribution >= 4 is 10.0 Å². The zero-order chi connectivity index (χ0) is 27.9. The molecule has 6 unspecified atom stereocenters. The van der Waals surface area contributed by atoms with Gasteiger partial charge in [0.25, 0.3) is 0 Å². The van der Waals surface area contributed by atoms with E-state index in [1.807, 2.05) is 0 Å². The molecule has 0 aromatic carbocycles. The van der Waals surface area contributed by atoms with Crippen LogP contribution in [0.5, 0.6) is 0 Å². The van der Waals surface area contributed by atoms with Crippen molar-refractivity contribution in [3.63, 3.8) is 0 Å². The van der Waals surface area contributed by atoms with Gasteiger partial charge in [0.1, 0.15) is 6.17 Å². The van der Waals surface area contributed by atoms with Crippen LogP contribution in [0.2, 0.25) is 0 Å². The molecule has 0 amide bonds. The Morgan fingerprint density at radius 2 is 1.51 bits per heavy atom. The van der Waals surface area contributed by atoms with Gasteiger partial charge in [0.05, 0.1) is 17.8 Å². The molecule has 8 atom stereocenters. The second kappa shape index (κ2) is 12.0. The Kier molecular flexibility index (Phi) is 9.27. The molecule has 0 aromatic rings. The molecule has 0 radical (unpaired) electrons. The maximum absolute atomic E-state index is 14.5. The fourth-order valence-corrected chi connectivity index (χ4v) is 11.7. The lowest BCUT2D eigenvalue weighted by Crippen LogP contribution is -2.71. The second-order valence-corrected chi connectivity index (χ2v) is 15.5. The Labute approximate surface area is 232 Å². The van der Waals surface area contributed by atoms with Gasteiger partial charge in [-0.2, -0.15) is 13.2 Å². The van der Waals surface area contributed by atoms with Gasteiger partial charge in [0.2, 0.25) is 10.0 Å². The predicted octanol–water partition coefficient (Wildman–Crippen LogP) is 5.78. The first kappa shape index (κ1) is 30.0. The van der Waals surface area contributed by atoms with E-state index in [0.717, 1.165) is 57.9 Å². The van der Waals surface area contributed by atoms with Crippen LogP contribution in [0.3, 0.4) is 0 Å². The van der Waals surface area contributed by atoms with E-state index in [9.17, 15) is 31.1 Å². The van der Waals surface area contributed by atoms with Crippen molar-refractivity contribution in [3.05, 3.63) is 0 Å². The number of hydrogen-bond donors (Lipinski definition) is 1. The van der Waals surface area contributed by atoms with Crippen LogP contribution in [0.25, 0.3) is 0 Å². The first-order valence-corrected chi connectivity index (χ1v) is 17.1. The molecule has 5 aliphatic rings. The van der Waals surface area contributed by atoms with Gasteiger partial charge in [-0.05, 0) is 100 Å². The Hall–Kier alpha value is -0.450. The maximum atomic E-state index is 14.5. The van der Waals surface area contributed by atoms with Gasteiger partial charge in [-0.3, -0.25) is 4.90 Å². The largest absolute Gasteiger partial charge is 0.395 e. The Morgan fingerprint density at radius 3 is 2.18 bits per heavy atom. The minimum absolute atomic E-state index is 0.00678. The summed E-state index contributed by atoms with van der Waals surface area (Å²) in [4.78, 5) is 2.30. The summed E-state index contributed by atoms with van der Waals surface area (Å²) in [5.41, 5.74) is 0. The van der Waals surface area contributed by atoms with E-state index >= 15 is 0 Å². The SMILES string of the molecule is CC1CCCCC1S(=O)(=O)N1CCCCN2C(C1)[C@H](C1CCC(C3CCCC(F)C3C(F)(F)F)CC1)[C@H]2CO. The number of rotatable bonds is 5. The number of aliphatic hydroxyl groups excluding tert-OH is 1. The van der Waals surface area contributed by atoms with E-state index in [-0.39, 0.29) is 54.0 Å². The van der Waals surface area contributed by atoms with Gasteiger partial charge in [-0.25, -0.2) is 17.1 Å². The normalized spacial score (nSPS) is 43.6. The summed E-state index contributed by atoms with van der Waals surface area (Å²) >= 11 is 0. The third-order valence-electron chi connectivity index (χ3n) is 11.4. The van der Waals surface area contributed by atoms with Gasteiger partial charge in [0.15, 0.2) is 0 Å². The maximum Gasteiger partial charge on any atom is 0.394 e. The summed E-state index contributed by atoms with van der Waals surface area (Å²) in [5.74, 6) is -2.03. The third-order valence-corrected chi connectivity index (χ3v) is 13.9. The summed E-state index contributed by atoms with van der Waals surface area (Å²) in [6.45, 7) is 3.93. The van der Waals surface area contributed by atoms with Crippen LogP contribution in [-0.4, -0.2) is 78.7 Å². The Balaban J connectivity index is 1.28. The highest BCUT2D eigenvalue weighted by atomic mass is 32.2. The van der Waals surface area contributed by atoms with E-state index in [1.165, 1.54) is 0 Å². The number of halogens is 4. The molecule has 5 fully saturated rings. The van der Waals surface area contributed by atoms with Crippen LogP contribution < -0.4 is 0 Å². The summed E-state index contributed by atoms with van der Waals surface area (Å²) in [5, 5.41) is 10.0. The first-order chi connectivity index (χ1) is 18.5. The molecule has 0 aromatic heterocycles. The molecule has 0 bridgehead atoms. The fourth-order valence-electron chi connectivity index (χ4n) is 9.40. The predicted molar refractivity (Wildman–Crippen MR) is 143 cm³/mol. The number of hydrogen-bond acceptors (Lipinski definition) is 4. The van der Waals surface area contributed by atoms with E-state index < -0.39 is 34.2 Å². The Bertz CT molecular complexity index is 926. The molecule has 0 spiro atoms. The van der Waals surface area contributed by atoms with Crippen molar-refractivity contribution < 1.29 is 31.1 Å². The lowest BCUT2D eigenvalue weighted by Gasteiger charge is -2.60. The molecule has 39 heavy (non-hydrogen) atoms. The molecule has 10 heteroatoms. The topological polar surface area (TPSA) is 60.9 Å². The molecule has 3 saturated carbocycles. The van der Waals surface area contributed by atoms with Crippen molar-refractivity contribution in [1.29, 1.82) is 0 Å². The van der Waals surface area contributed by atoms with Gasteiger partial charge in [-0.1, -0.05) is 26.2 Å². The molecule has 5 rings (SSSR count). The van der Waals surface area contributed by atoms with Crippen molar-refractivity contribution in [1.82, 2.24) is 9.21 Å². The molecule has 1 N–H and O–H groups in total. The number of alkyl halides is 4. The molecule has 226 valence electrons. The minimum Gasteiger partial charge on any atom is -0.395 e. The molecule has 3 aliphatic carbocycles.